The third-order valence-corrected chi connectivity index (χ3v) is 7.06. The molecule has 2 atom stereocenters. The SMILES string of the molecule is CN1CC[C@@H]2Nc3ccc(S(=O)(=O)c4cccc(F)c4)cc3[C@H]2CC1. The van der Waals surface area contributed by atoms with Crippen molar-refractivity contribution in [1.29, 1.82) is 0 Å². The van der Waals surface area contributed by atoms with Crippen molar-refractivity contribution >= 4 is 15.5 Å². The quantitative estimate of drug-likeness (QED) is 0.893. The molecule has 0 bridgehead atoms. The van der Waals surface area contributed by atoms with Gasteiger partial charge in [0.1, 0.15) is 5.82 Å². The zero-order valence-electron chi connectivity index (χ0n) is 14.1. The van der Waals surface area contributed by atoms with Crippen molar-refractivity contribution in [1.82, 2.24) is 4.90 Å². The van der Waals surface area contributed by atoms with E-state index in [1.165, 1.54) is 18.2 Å². The molecule has 1 fully saturated rings. The minimum absolute atomic E-state index is 0.00411. The third kappa shape index (κ3) is 2.93. The number of hydrogen-bond donors (Lipinski definition) is 1. The maximum atomic E-state index is 13.5. The highest BCUT2D eigenvalue weighted by Gasteiger charge is 2.34. The predicted molar refractivity (Wildman–Crippen MR) is 95.2 cm³/mol. The Labute approximate surface area is 147 Å². The number of hydrogen-bond acceptors (Lipinski definition) is 4. The van der Waals surface area contributed by atoms with Crippen LogP contribution in [0.1, 0.15) is 24.3 Å². The van der Waals surface area contributed by atoms with Crippen LogP contribution in [-0.2, 0) is 9.84 Å². The monoisotopic (exact) mass is 360 g/mol. The van der Waals surface area contributed by atoms with Gasteiger partial charge in [0.2, 0.25) is 9.84 Å². The number of fused-ring (bicyclic) bond motifs is 3. The average Bonchev–Trinajstić information content (AvgIpc) is 2.84. The first-order valence-electron chi connectivity index (χ1n) is 8.55. The zero-order chi connectivity index (χ0) is 17.6. The fraction of sp³-hybridized carbons (Fsp3) is 0.368. The molecule has 4 rings (SSSR count). The van der Waals surface area contributed by atoms with Gasteiger partial charge in [-0.05, 0) is 74.9 Å². The van der Waals surface area contributed by atoms with Gasteiger partial charge in [0.15, 0.2) is 0 Å². The van der Waals surface area contributed by atoms with Crippen molar-refractivity contribution in [3.8, 4) is 0 Å². The highest BCUT2D eigenvalue weighted by Crippen LogP contribution is 2.42. The van der Waals surface area contributed by atoms with Gasteiger partial charge in [0.25, 0.3) is 0 Å². The van der Waals surface area contributed by atoms with Crippen LogP contribution in [0.2, 0.25) is 0 Å². The van der Waals surface area contributed by atoms with Gasteiger partial charge < -0.3 is 10.2 Å². The molecule has 0 aromatic heterocycles. The molecule has 2 heterocycles. The second-order valence-corrected chi connectivity index (χ2v) is 8.90. The predicted octanol–water partition coefficient (Wildman–Crippen LogP) is 3.26. The van der Waals surface area contributed by atoms with Gasteiger partial charge >= 0.3 is 0 Å². The lowest BCUT2D eigenvalue weighted by Crippen LogP contribution is -2.22. The minimum atomic E-state index is -3.72. The molecule has 0 unspecified atom stereocenters. The molecule has 0 aliphatic carbocycles. The molecule has 0 saturated carbocycles. The van der Waals surface area contributed by atoms with Crippen molar-refractivity contribution in [3.05, 3.63) is 53.8 Å². The first-order chi connectivity index (χ1) is 11.9. The first kappa shape index (κ1) is 16.5. The van der Waals surface area contributed by atoms with Crippen molar-refractivity contribution < 1.29 is 12.8 Å². The van der Waals surface area contributed by atoms with E-state index in [4.69, 9.17) is 0 Å². The number of rotatable bonds is 2. The Morgan fingerprint density at radius 3 is 2.64 bits per heavy atom. The Kier molecular flexibility index (Phi) is 4.04. The van der Waals surface area contributed by atoms with Crippen LogP contribution < -0.4 is 5.32 Å². The van der Waals surface area contributed by atoms with Crippen LogP contribution in [0.15, 0.2) is 52.3 Å². The van der Waals surface area contributed by atoms with Crippen LogP contribution in [0.4, 0.5) is 10.1 Å². The Hall–Kier alpha value is -1.92. The van der Waals surface area contributed by atoms with Gasteiger partial charge in [-0.2, -0.15) is 0 Å². The molecule has 2 aliphatic rings. The van der Waals surface area contributed by atoms with Gasteiger partial charge in [0.05, 0.1) is 9.79 Å². The van der Waals surface area contributed by atoms with Crippen molar-refractivity contribution in [2.24, 2.45) is 0 Å². The lowest BCUT2D eigenvalue weighted by atomic mass is 9.91. The summed E-state index contributed by atoms with van der Waals surface area (Å²) in [7, 11) is -1.60. The third-order valence-electron chi connectivity index (χ3n) is 5.31. The summed E-state index contributed by atoms with van der Waals surface area (Å²) in [4.78, 5) is 2.54. The van der Waals surface area contributed by atoms with Gasteiger partial charge in [-0.15, -0.1) is 0 Å². The molecule has 0 spiro atoms. The Morgan fingerprint density at radius 1 is 1.08 bits per heavy atom. The van der Waals surface area contributed by atoms with E-state index in [-0.39, 0.29) is 9.79 Å². The normalized spacial score (nSPS) is 23.4. The van der Waals surface area contributed by atoms with E-state index in [0.717, 1.165) is 43.2 Å². The average molecular weight is 360 g/mol. The largest absolute Gasteiger partial charge is 0.381 e. The summed E-state index contributed by atoms with van der Waals surface area (Å²) in [6.45, 7) is 2.04. The van der Waals surface area contributed by atoms with Crippen LogP contribution in [0, 0.1) is 5.82 Å². The van der Waals surface area contributed by atoms with Crippen LogP contribution in [0.3, 0.4) is 0 Å². The summed E-state index contributed by atoms with van der Waals surface area (Å²) in [6.07, 6.45) is 2.05. The van der Waals surface area contributed by atoms with Gasteiger partial charge in [-0.3, -0.25) is 0 Å². The molecule has 25 heavy (non-hydrogen) atoms. The highest BCUT2D eigenvalue weighted by molar-refractivity contribution is 7.91. The molecular formula is C19H21FN2O2S. The van der Waals surface area contributed by atoms with Crippen molar-refractivity contribution in [2.75, 3.05) is 25.5 Å². The second-order valence-electron chi connectivity index (χ2n) is 6.95. The fourth-order valence-corrected chi connectivity index (χ4v) is 5.22. The summed E-state index contributed by atoms with van der Waals surface area (Å²) >= 11 is 0. The van der Waals surface area contributed by atoms with E-state index in [0.29, 0.717) is 12.0 Å². The van der Waals surface area contributed by atoms with E-state index in [2.05, 4.69) is 17.3 Å². The number of halogens is 1. The summed E-state index contributed by atoms with van der Waals surface area (Å²) < 4.78 is 39.2. The van der Waals surface area contributed by atoms with E-state index in [1.807, 2.05) is 6.07 Å². The first-order valence-corrected chi connectivity index (χ1v) is 10.0. The number of nitrogens with one attached hydrogen (secondary N) is 1. The second kappa shape index (κ2) is 6.11. The van der Waals surface area contributed by atoms with Crippen LogP contribution in [-0.4, -0.2) is 39.5 Å². The van der Waals surface area contributed by atoms with E-state index in [9.17, 15) is 12.8 Å². The van der Waals surface area contributed by atoms with Gasteiger partial charge in [-0.1, -0.05) is 6.07 Å². The summed E-state index contributed by atoms with van der Waals surface area (Å²) in [6, 6.07) is 10.8. The van der Waals surface area contributed by atoms with Crippen molar-refractivity contribution in [3.63, 3.8) is 0 Å². The number of nitrogens with zero attached hydrogens (tertiary/aromatic N) is 1. The minimum Gasteiger partial charge on any atom is -0.381 e. The Bertz CT molecular complexity index is 913. The zero-order valence-corrected chi connectivity index (χ0v) is 14.9. The number of anilines is 1. The lowest BCUT2D eigenvalue weighted by Gasteiger charge is -2.16. The summed E-state index contributed by atoms with van der Waals surface area (Å²) in [5.74, 6) is -0.224. The topological polar surface area (TPSA) is 49.4 Å². The van der Waals surface area contributed by atoms with Crippen molar-refractivity contribution in [2.45, 2.75) is 34.6 Å². The summed E-state index contributed by atoms with van der Waals surface area (Å²) in [5.41, 5.74) is 2.09. The van der Waals surface area contributed by atoms with Crippen LogP contribution >= 0.6 is 0 Å². The molecular weight excluding hydrogens is 339 g/mol. The Morgan fingerprint density at radius 2 is 1.84 bits per heavy atom. The van der Waals surface area contributed by atoms with E-state index >= 15 is 0 Å². The van der Waals surface area contributed by atoms with Crippen LogP contribution in [0.25, 0.3) is 0 Å². The molecule has 2 aliphatic heterocycles. The molecule has 4 nitrogen and oxygen atoms in total. The lowest BCUT2D eigenvalue weighted by molar-refractivity contribution is 0.346. The number of likely N-dealkylation sites (tertiary alicyclic amines) is 1. The fourth-order valence-electron chi connectivity index (χ4n) is 3.89. The molecule has 2 aromatic rings. The number of sulfone groups is 1. The smallest absolute Gasteiger partial charge is 0.206 e. The molecule has 0 radical (unpaired) electrons. The number of benzene rings is 2. The molecule has 2 aromatic carbocycles. The maximum absolute atomic E-state index is 13.5. The molecule has 1 N–H and O–H groups in total. The maximum Gasteiger partial charge on any atom is 0.206 e. The standard InChI is InChI=1S/C19H21FN2O2S/c1-22-9-7-16-17-12-15(5-6-18(17)21-19(16)8-10-22)25(23,24)14-4-2-3-13(20)11-14/h2-6,11-12,16,19,21H,7-10H2,1H3/t16-,19+/m1/s1. The molecule has 0 amide bonds. The van der Waals surface area contributed by atoms with Gasteiger partial charge in [0, 0.05) is 17.6 Å². The molecule has 6 heteroatoms. The molecule has 132 valence electrons. The van der Waals surface area contributed by atoms with Gasteiger partial charge in [-0.25, -0.2) is 12.8 Å². The van der Waals surface area contributed by atoms with Crippen LogP contribution in [0.5, 0.6) is 0 Å². The van der Waals surface area contributed by atoms with E-state index < -0.39 is 15.7 Å². The molecule has 1 saturated heterocycles. The highest BCUT2D eigenvalue weighted by atomic mass is 32.2. The van der Waals surface area contributed by atoms with E-state index in [1.54, 1.807) is 12.1 Å². The Balaban J connectivity index is 1.73. The summed E-state index contributed by atoms with van der Waals surface area (Å²) in [5, 5.41) is 3.54.